The van der Waals surface area contributed by atoms with Crippen molar-refractivity contribution in [2.45, 2.75) is 38.4 Å². The third kappa shape index (κ3) is 5.32. The Bertz CT molecular complexity index is 467. The third-order valence-corrected chi connectivity index (χ3v) is 4.90. The van der Waals surface area contributed by atoms with Crippen LogP contribution in [0.3, 0.4) is 0 Å². The SMILES string of the molecule is CC1CCCC(C(=O)Nc2cc(CSCCO)ccn2)C1. The van der Waals surface area contributed by atoms with Crippen LogP contribution in [0.1, 0.15) is 38.2 Å². The first-order chi connectivity index (χ1) is 10.2. The van der Waals surface area contributed by atoms with Gasteiger partial charge in [-0.25, -0.2) is 4.98 Å². The number of rotatable bonds is 6. The number of nitrogens with zero attached hydrogens (tertiary/aromatic N) is 1. The van der Waals surface area contributed by atoms with Crippen LogP contribution in [0.2, 0.25) is 0 Å². The van der Waals surface area contributed by atoms with Crippen molar-refractivity contribution < 1.29 is 9.90 Å². The van der Waals surface area contributed by atoms with E-state index in [2.05, 4.69) is 17.2 Å². The van der Waals surface area contributed by atoms with Crippen LogP contribution in [-0.4, -0.2) is 28.4 Å². The number of carbonyl (C=O) groups is 1. The summed E-state index contributed by atoms with van der Waals surface area (Å²) in [5, 5.41) is 11.7. The summed E-state index contributed by atoms with van der Waals surface area (Å²) in [6.07, 6.45) is 6.08. The monoisotopic (exact) mass is 308 g/mol. The zero-order chi connectivity index (χ0) is 15.1. The topological polar surface area (TPSA) is 62.2 Å². The van der Waals surface area contributed by atoms with Crippen LogP contribution in [-0.2, 0) is 10.5 Å². The van der Waals surface area contributed by atoms with Gasteiger partial charge in [0.1, 0.15) is 5.82 Å². The standard InChI is InChI=1S/C16H24N2O2S/c1-12-3-2-4-14(9-12)16(20)18-15-10-13(5-6-17-15)11-21-8-7-19/h5-6,10,12,14,19H,2-4,7-9,11H2,1H3,(H,17,18,20). The van der Waals surface area contributed by atoms with Gasteiger partial charge < -0.3 is 10.4 Å². The maximum atomic E-state index is 12.3. The number of aromatic nitrogens is 1. The van der Waals surface area contributed by atoms with Gasteiger partial charge in [0.15, 0.2) is 0 Å². The minimum Gasteiger partial charge on any atom is -0.396 e. The minimum absolute atomic E-state index is 0.106. The van der Waals surface area contributed by atoms with Gasteiger partial charge in [-0.2, -0.15) is 11.8 Å². The maximum absolute atomic E-state index is 12.3. The van der Waals surface area contributed by atoms with Crippen LogP contribution < -0.4 is 5.32 Å². The van der Waals surface area contributed by atoms with Gasteiger partial charge in [0.2, 0.25) is 5.91 Å². The minimum atomic E-state index is 0.106. The number of nitrogens with one attached hydrogen (secondary N) is 1. The van der Waals surface area contributed by atoms with E-state index >= 15 is 0 Å². The van der Waals surface area contributed by atoms with E-state index < -0.39 is 0 Å². The molecule has 116 valence electrons. The molecule has 21 heavy (non-hydrogen) atoms. The summed E-state index contributed by atoms with van der Waals surface area (Å²) in [7, 11) is 0. The molecule has 4 nitrogen and oxygen atoms in total. The molecule has 0 radical (unpaired) electrons. The zero-order valence-electron chi connectivity index (χ0n) is 12.5. The fraction of sp³-hybridized carbons (Fsp3) is 0.625. The maximum Gasteiger partial charge on any atom is 0.228 e. The van der Waals surface area contributed by atoms with Crippen molar-refractivity contribution in [3.8, 4) is 0 Å². The number of thioether (sulfide) groups is 1. The molecule has 1 aromatic rings. The highest BCUT2D eigenvalue weighted by molar-refractivity contribution is 7.98. The normalized spacial score (nSPS) is 22.0. The second-order valence-electron chi connectivity index (χ2n) is 5.78. The van der Waals surface area contributed by atoms with Crippen LogP contribution in [0.5, 0.6) is 0 Å². The first kappa shape index (κ1) is 16.3. The van der Waals surface area contributed by atoms with Gasteiger partial charge >= 0.3 is 0 Å². The van der Waals surface area contributed by atoms with E-state index in [1.807, 2.05) is 12.1 Å². The Labute approximate surface area is 130 Å². The Morgan fingerprint density at radius 2 is 2.38 bits per heavy atom. The van der Waals surface area contributed by atoms with Crippen LogP contribution in [0.15, 0.2) is 18.3 Å². The van der Waals surface area contributed by atoms with Gasteiger partial charge in [-0.1, -0.05) is 19.8 Å². The number of pyridine rings is 1. The lowest BCUT2D eigenvalue weighted by atomic mass is 9.82. The van der Waals surface area contributed by atoms with Gasteiger partial charge in [0, 0.05) is 23.6 Å². The molecule has 5 heteroatoms. The molecular weight excluding hydrogens is 284 g/mol. The van der Waals surface area contributed by atoms with Crippen molar-refractivity contribution in [2.75, 3.05) is 17.7 Å². The molecule has 1 aliphatic carbocycles. The first-order valence-corrected chi connectivity index (χ1v) is 8.79. The van der Waals surface area contributed by atoms with Gasteiger partial charge in [0.05, 0.1) is 6.61 Å². The van der Waals surface area contributed by atoms with Crippen LogP contribution in [0.4, 0.5) is 5.82 Å². The van der Waals surface area contributed by atoms with Crippen LogP contribution in [0, 0.1) is 11.8 Å². The number of hydrogen-bond acceptors (Lipinski definition) is 4. The molecule has 1 aromatic heterocycles. The average molecular weight is 308 g/mol. The summed E-state index contributed by atoms with van der Waals surface area (Å²) in [4.78, 5) is 16.5. The first-order valence-electron chi connectivity index (χ1n) is 7.63. The second kappa shape index (κ2) is 8.39. The van der Waals surface area contributed by atoms with Crippen LogP contribution >= 0.6 is 11.8 Å². The van der Waals surface area contributed by atoms with Crippen molar-refractivity contribution in [1.29, 1.82) is 0 Å². The van der Waals surface area contributed by atoms with Crippen molar-refractivity contribution in [3.05, 3.63) is 23.9 Å². The highest BCUT2D eigenvalue weighted by Gasteiger charge is 2.25. The van der Waals surface area contributed by atoms with Gasteiger partial charge in [-0.15, -0.1) is 0 Å². The van der Waals surface area contributed by atoms with E-state index in [1.54, 1.807) is 18.0 Å². The summed E-state index contributed by atoms with van der Waals surface area (Å²) in [5.74, 6) is 3.07. The highest BCUT2D eigenvalue weighted by atomic mass is 32.2. The number of aliphatic hydroxyl groups excluding tert-OH is 1. The third-order valence-electron chi connectivity index (χ3n) is 3.89. The molecule has 1 heterocycles. The molecule has 1 amide bonds. The summed E-state index contributed by atoms with van der Waals surface area (Å²) in [6, 6.07) is 3.87. The molecule has 1 aliphatic rings. The zero-order valence-corrected chi connectivity index (χ0v) is 13.4. The van der Waals surface area contributed by atoms with E-state index in [-0.39, 0.29) is 18.4 Å². The lowest BCUT2D eigenvalue weighted by molar-refractivity contribution is -0.121. The largest absolute Gasteiger partial charge is 0.396 e. The summed E-state index contributed by atoms with van der Waals surface area (Å²) < 4.78 is 0. The van der Waals surface area contributed by atoms with E-state index in [0.717, 1.165) is 36.3 Å². The summed E-state index contributed by atoms with van der Waals surface area (Å²) in [5.41, 5.74) is 1.12. The van der Waals surface area contributed by atoms with Crippen molar-refractivity contribution in [1.82, 2.24) is 4.98 Å². The lowest BCUT2D eigenvalue weighted by Gasteiger charge is -2.25. The van der Waals surface area contributed by atoms with Crippen LogP contribution in [0.25, 0.3) is 0 Å². The van der Waals surface area contributed by atoms with Crippen molar-refractivity contribution in [2.24, 2.45) is 11.8 Å². The Morgan fingerprint density at radius 1 is 1.52 bits per heavy atom. The van der Waals surface area contributed by atoms with Gasteiger partial charge in [-0.3, -0.25) is 4.79 Å². The molecule has 1 saturated carbocycles. The quantitative estimate of drug-likeness (QED) is 0.793. The predicted molar refractivity (Wildman–Crippen MR) is 87.2 cm³/mol. The molecule has 2 atom stereocenters. The Hall–Kier alpha value is -1.07. The predicted octanol–water partition coefficient (Wildman–Crippen LogP) is 3.07. The Morgan fingerprint density at radius 3 is 3.14 bits per heavy atom. The lowest BCUT2D eigenvalue weighted by Crippen LogP contribution is -2.27. The van der Waals surface area contributed by atoms with Crippen molar-refractivity contribution in [3.63, 3.8) is 0 Å². The van der Waals surface area contributed by atoms with E-state index in [4.69, 9.17) is 5.11 Å². The smallest absolute Gasteiger partial charge is 0.228 e. The molecule has 2 N–H and O–H groups in total. The molecule has 0 aromatic carbocycles. The summed E-state index contributed by atoms with van der Waals surface area (Å²) in [6.45, 7) is 2.41. The number of amides is 1. The van der Waals surface area contributed by atoms with E-state index in [1.165, 1.54) is 6.42 Å². The molecule has 2 rings (SSSR count). The molecule has 1 fully saturated rings. The fourth-order valence-corrected chi connectivity index (χ4v) is 3.48. The molecule has 0 spiro atoms. The Kier molecular flexibility index (Phi) is 6.51. The molecular formula is C16H24N2O2S. The molecule has 0 saturated heterocycles. The number of carbonyl (C=O) groups excluding carboxylic acids is 1. The number of aliphatic hydroxyl groups is 1. The molecule has 0 bridgehead atoms. The van der Waals surface area contributed by atoms with Crippen molar-refractivity contribution >= 4 is 23.5 Å². The van der Waals surface area contributed by atoms with Gasteiger partial charge in [-0.05, 0) is 36.5 Å². The molecule has 2 unspecified atom stereocenters. The highest BCUT2D eigenvalue weighted by Crippen LogP contribution is 2.29. The molecule has 0 aliphatic heterocycles. The average Bonchev–Trinajstić information content (AvgIpc) is 2.48. The summed E-state index contributed by atoms with van der Waals surface area (Å²) >= 11 is 1.67. The van der Waals surface area contributed by atoms with Gasteiger partial charge in [0.25, 0.3) is 0 Å². The number of hydrogen-bond donors (Lipinski definition) is 2. The van der Waals surface area contributed by atoms with E-state index in [9.17, 15) is 4.79 Å². The number of anilines is 1. The second-order valence-corrected chi connectivity index (χ2v) is 6.89. The van der Waals surface area contributed by atoms with E-state index in [0.29, 0.717) is 11.7 Å². The Balaban J connectivity index is 1.89. The fourth-order valence-electron chi connectivity index (χ4n) is 2.79.